The van der Waals surface area contributed by atoms with E-state index in [-0.39, 0.29) is 60.2 Å². The maximum Gasteiger partial charge on any atom is 0.308 e. The molecule has 0 fully saturated rings. The van der Waals surface area contributed by atoms with Crippen LogP contribution in [0.4, 0.5) is 0 Å². The zero-order valence-electron chi connectivity index (χ0n) is 23.0. The van der Waals surface area contributed by atoms with Crippen LogP contribution in [-0.2, 0) is 74.1 Å². The number of hydrogen-bond donors (Lipinski definition) is 0. The molecule has 0 N–H and O–H groups in total. The molecule has 0 aliphatic heterocycles. The Morgan fingerprint density at radius 1 is 0.425 bits per heavy atom. The molecular weight excluding hydrogens is 528 g/mol. The van der Waals surface area contributed by atoms with E-state index >= 15 is 0 Å². The molecule has 0 radical (unpaired) electrons. The van der Waals surface area contributed by atoms with Gasteiger partial charge in [0.15, 0.2) is 0 Å². The van der Waals surface area contributed by atoms with Crippen LogP contribution in [0.25, 0.3) is 11.1 Å². The number of esters is 6. The van der Waals surface area contributed by atoms with Gasteiger partial charge in [0.25, 0.3) is 0 Å². The standard InChI is InChI=1S/C28H30O12/c1-15(29)35-11-23-7-21(8-24(12-36-16(2)30)27(23)39-19(5)33)22-9-25(13-37-17(3)31)28(40-20(6)34)26(10-22)14-38-18(4)32/h7-10H,11-14H2,1-6H3. The van der Waals surface area contributed by atoms with Gasteiger partial charge in [-0.1, -0.05) is 0 Å². The first-order valence-corrected chi connectivity index (χ1v) is 12.0. The summed E-state index contributed by atoms with van der Waals surface area (Å²) < 4.78 is 31.4. The van der Waals surface area contributed by atoms with Crippen molar-refractivity contribution < 1.29 is 57.2 Å². The largest absolute Gasteiger partial charge is 0.461 e. The van der Waals surface area contributed by atoms with Crippen LogP contribution >= 0.6 is 0 Å². The lowest BCUT2D eigenvalue weighted by Crippen LogP contribution is -2.12. The van der Waals surface area contributed by atoms with Crippen molar-refractivity contribution in [3.63, 3.8) is 0 Å². The van der Waals surface area contributed by atoms with Crippen LogP contribution in [0.2, 0.25) is 0 Å². The van der Waals surface area contributed by atoms with E-state index in [1.807, 2.05) is 0 Å². The number of ether oxygens (including phenoxy) is 6. The lowest BCUT2D eigenvalue weighted by Gasteiger charge is -2.19. The molecule has 0 saturated carbocycles. The van der Waals surface area contributed by atoms with Crippen LogP contribution in [0.1, 0.15) is 63.8 Å². The first-order valence-electron chi connectivity index (χ1n) is 12.0. The minimum atomic E-state index is -0.654. The van der Waals surface area contributed by atoms with Crippen molar-refractivity contribution in [1.82, 2.24) is 0 Å². The van der Waals surface area contributed by atoms with Crippen molar-refractivity contribution in [2.45, 2.75) is 68.0 Å². The van der Waals surface area contributed by atoms with Gasteiger partial charge in [0.05, 0.1) is 0 Å². The summed E-state index contributed by atoms with van der Waals surface area (Å²) >= 11 is 0. The molecule has 0 spiro atoms. The van der Waals surface area contributed by atoms with Crippen LogP contribution in [0.3, 0.4) is 0 Å². The number of benzene rings is 2. The van der Waals surface area contributed by atoms with Gasteiger partial charge in [-0.05, 0) is 35.4 Å². The van der Waals surface area contributed by atoms with Crippen molar-refractivity contribution in [3.05, 3.63) is 46.5 Å². The summed E-state index contributed by atoms with van der Waals surface area (Å²) in [5.41, 5.74) is 2.11. The average Bonchev–Trinajstić information content (AvgIpc) is 2.84. The molecule has 0 aromatic heterocycles. The summed E-state index contributed by atoms with van der Waals surface area (Å²) in [6.45, 7) is 6.14. The van der Waals surface area contributed by atoms with Crippen LogP contribution < -0.4 is 9.47 Å². The van der Waals surface area contributed by atoms with Crippen LogP contribution in [-0.4, -0.2) is 35.8 Å². The molecule has 12 heteroatoms. The highest BCUT2D eigenvalue weighted by atomic mass is 16.6. The highest BCUT2D eigenvalue weighted by Gasteiger charge is 2.21. The molecule has 0 amide bonds. The molecule has 2 rings (SSSR count). The van der Waals surface area contributed by atoms with Gasteiger partial charge in [-0.3, -0.25) is 28.8 Å². The van der Waals surface area contributed by atoms with Gasteiger partial charge in [0, 0.05) is 63.8 Å². The fourth-order valence-electron chi connectivity index (χ4n) is 3.54. The number of carbonyl (C=O) groups is 6. The van der Waals surface area contributed by atoms with Gasteiger partial charge < -0.3 is 28.4 Å². The molecule has 0 aliphatic carbocycles. The van der Waals surface area contributed by atoms with E-state index in [2.05, 4.69) is 0 Å². The second-order valence-electron chi connectivity index (χ2n) is 8.56. The molecule has 0 saturated heterocycles. The summed E-state index contributed by atoms with van der Waals surface area (Å²) in [5.74, 6) is -3.54. The Kier molecular flexibility index (Phi) is 11.4. The Balaban J connectivity index is 2.83. The zero-order chi connectivity index (χ0) is 30.0. The number of rotatable bonds is 11. The third-order valence-corrected chi connectivity index (χ3v) is 5.03. The van der Waals surface area contributed by atoms with Crippen LogP contribution in [0.15, 0.2) is 24.3 Å². The van der Waals surface area contributed by atoms with Gasteiger partial charge in [-0.15, -0.1) is 0 Å². The smallest absolute Gasteiger partial charge is 0.308 e. The summed E-state index contributed by atoms with van der Waals surface area (Å²) in [7, 11) is 0. The molecule has 0 unspecified atom stereocenters. The monoisotopic (exact) mass is 558 g/mol. The minimum Gasteiger partial charge on any atom is -0.461 e. The topological polar surface area (TPSA) is 158 Å². The summed E-state index contributed by atoms with van der Waals surface area (Å²) in [6.07, 6.45) is 0. The van der Waals surface area contributed by atoms with E-state index in [4.69, 9.17) is 28.4 Å². The van der Waals surface area contributed by atoms with E-state index in [9.17, 15) is 28.8 Å². The van der Waals surface area contributed by atoms with Crippen LogP contribution in [0, 0.1) is 0 Å². The van der Waals surface area contributed by atoms with Gasteiger partial charge in [0.1, 0.15) is 37.9 Å². The molecule has 2 aromatic rings. The Bertz CT molecular complexity index is 1150. The highest BCUT2D eigenvalue weighted by molar-refractivity contribution is 5.77. The summed E-state index contributed by atoms with van der Waals surface area (Å²) in [5, 5.41) is 0. The predicted molar refractivity (Wildman–Crippen MR) is 136 cm³/mol. The van der Waals surface area contributed by atoms with E-state index < -0.39 is 35.8 Å². The van der Waals surface area contributed by atoms with Gasteiger partial charge in [-0.2, -0.15) is 0 Å². The Morgan fingerprint density at radius 3 is 0.825 bits per heavy atom. The third kappa shape index (κ3) is 9.86. The quantitative estimate of drug-likeness (QED) is 0.225. The van der Waals surface area contributed by atoms with Gasteiger partial charge >= 0.3 is 35.8 Å². The Hall–Kier alpha value is -4.74. The fraction of sp³-hybridized carbons (Fsp3) is 0.357. The number of carbonyl (C=O) groups excluding carboxylic acids is 6. The molecule has 12 nitrogen and oxygen atoms in total. The van der Waals surface area contributed by atoms with Crippen molar-refractivity contribution in [2.24, 2.45) is 0 Å². The van der Waals surface area contributed by atoms with Crippen LogP contribution in [0.5, 0.6) is 11.5 Å². The normalized spacial score (nSPS) is 10.2. The highest BCUT2D eigenvalue weighted by Crippen LogP contribution is 2.37. The fourth-order valence-corrected chi connectivity index (χ4v) is 3.54. The Morgan fingerprint density at radius 2 is 0.650 bits per heavy atom. The van der Waals surface area contributed by atoms with E-state index in [0.717, 1.165) is 0 Å². The molecule has 2 aromatic carbocycles. The third-order valence-electron chi connectivity index (χ3n) is 5.03. The van der Waals surface area contributed by atoms with E-state index in [0.29, 0.717) is 11.1 Å². The number of hydrogen-bond acceptors (Lipinski definition) is 12. The van der Waals surface area contributed by atoms with Crippen molar-refractivity contribution in [3.8, 4) is 22.6 Å². The predicted octanol–water partition coefficient (Wildman–Crippen LogP) is 3.46. The maximum absolute atomic E-state index is 11.9. The van der Waals surface area contributed by atoms with Crippen molar-refractivity contribution in [1.29, 1.82) is 0 Å². The molecule has 0 bridgehead atoms. The molecule has 0 aliphatic rings. The lowest BCUT2D eigenvalue weighted by molar-refractivity contribution is -0.143. The van der Waals surface area contributed by atoms with Crippen molar-refractivity contribution in [2.75, 3.05) is 0 Å². The first kappa shape index (κ1) is 31.5. The Labute approximate surface area is 230 Å². The van der Waals surface area contributed by atoms with Gasteiger partial charge in [0.2, 0.25) is 0 Å². The first-order chi connectivity index (χ1) is 18.8. The van der Waals surface area contributed by atoms with E-state index in [1.165, 1.54) is 41.5 Å². The SMILES string of the molecule is CC(=O)OCc1cc(-c2cc(COC(C)=O)c(OC(C)=O)c(COC(C)=O)c2)cc(COC(C)=O)c1OC(C)=O. The molecule has 40 heavy (non-hydrogen) atoms. The summed E-state index contributed by atoms with van der Waals surface area (Å²) in [6, 6.07) is 6.35. The average molecular weight is 559 g/mol. The van der Waals surface area contributed by atoms with Gasteiger partial charge in [-0.25, -0.2) is 0 Å². The molecular formula is C28H30O12. The van der Waals surface area contributed by atoms with E-state index in [1.54, 1.807) is 24.3 Å². The minimum absolute atomic E-state index is 0.0514. The molecule has 0 heterocycles. The lowest BCUT2D eigenvalue weighted by atomic mass is 9.95. The zero-order valence-corrected chi connectivity index (χ0v) is 23.0. The summed E-state index contributed by atoms with van der Waals surface area (Å²) in [4.78, 5) is 69.9. The van der Waals surface area contributed by atoms with Crippen molar-refractivity contribution >= 4 is 35.8 Å². The molecule has 214 valence electrons. The second-order valence-corrected chi connectivity index (χ2v) is 8.56. The second kappa shape index (κ2) is 14.4. The maximum atomic E-state index is 11.9. The molecule has 0 atom stereocenters.